The summed E-state index contributed by atoms with van der Waals surface area (Å²) in [4.78, 5) is 2.46. The molecule has 3 unspecified atom stereocenters. The zero-order valence-corrected chi connectivity index (χ0v) is 20.4. The third-order valence-corrected chi connectivity index (χ3v) is 8.21. The lowest BCUT2D eigenvalue weighted by molar-refractivity contribution is -0.146. The molecular weight excluding hydrogens is 473 g/mol. The van der Waals surface area contributed by atoms with Crippen LogP contribution in [0.3, 0.4) is 0 Å². The molecule has 182 valence electrons. The minimum absolute atomic E-state index is 0. The zero-order valence-electron chi connectivity index (χ0n) is 18.7. The Bertz CT molecular complexity index is 1070. The number of hydrogen-bond acceptors (Lipinski definition) is 3. The Balaban J connectivity index is 0.00000306. The Labute approximate surface area is 200 Å². The van der Waals surface area contributed by atoms with Crippen LogP contribution in [0.4, 0.5) is 18.9 Å². The van der Waals surface area contributed by atoms with E-state index in [1.807, 2.05) is 12.1 Å². The molecule has 9 heteroatoms. The van der Waals surface area contributed by atoms with Gasteiger partial charge in [0.15, 0.2) is 0 Å². The first-order valence-electron chi connectivity index (χ1n) is 11.1. The van der Waals surface area contributed by atoms with E-state index in [1.165, 1.54) is 35.4 Å². The molecule has 0 spiro atoms. The third kappa shape index (κ3) is 5.49. The molecule has 4 rings (SSSR count). The molecule has 2 aliphatic rings. The molecule has 1 fully saturated rings. The van der Waals surface area contributed by atoms with Gasteiger partial charge in [0, 0.05) is 24.7 Å². The van der Waals surface area contributed by atoms with Gasteiger partial charge in [0.2, 0.25) is 0 Å². The molecule has 3 atom stereocenters. The first-order valence-corrected chi connectivity index (χ1v) is 12.6. The van der Waals surface area contributed by atoms with Crippen LogP contribution in [0.5, 0.6) is 0 Å². The fourth-order valence-corrected chi connectivity index (χ4v) is 6.08. The molecular formula is C24H30ClF3N2O2S. The highest BCUT2D eigenvalue weighted by atomic mass is 35.5. The molecule has 0 saturated carbocycles. The average molecular weight is 503 g/mol. The summed E-state index contributed by atoms with van der Waals surface area (Å²) in [7, 11) is -3.89. The number of anilines is 1. The zero-order chi connectivity index (χ0) is 23.1. The second-order valence-electron chi connectivity index (χ2n) is 9.02. The number of alkyl halides is 3. The standard InChI is InChI=1S/C24H29F3N2O2S.ClH/c1-3-12-29-14-19-5-4-18-13-20(8-11-22(18)23(19)15-29)28-32(30,31)21-9-6-17(7-10-21)16(2)24(25,26)27;/h6-11,13,16,19,23,28H,3-5,12,14-15H2,1-2H3;1H. The van der Waals surface area contributed by atoms with Gasteiger partial charge in [-0.2, -0.15) is 13.2 Å². The summed E-state index contributed by atoms with van der Waals surface area (Å²) in [5.41, 5.74) is 3.01. The summed E-state index contributed by atoms with van der Waals surface area (Å²) >= 11 is 0. The molecule has 1 aliphatic carbocycles. The van der Waals surface area contributed by atoms with Crippen molar-refractivity contribution in [3.8, 4) is 0 Å². The lowest BCUT2D eigenvalue weighted by Gasteiger charge is -2.28. The number of aryl methyl sites for hydroxylation is 1. The summed E-state index contributed by atoms with van der Waals surface area (Å²) < 4.78 is 66.9. The van der Waals surface area contributed by atoms with E-state index in [0.717, 1.165) is 45.8 Å². The summed E-state index contributed by atoms with van der Waals surface area (Å²) in [6.45, 7) is 6.55. The molecule has 33 heavy (non-hydrogen) atoms. The van der Waals surface area contributed by atoms with E-state index >= 15 is 0 Å². The first-order chi connectivity index (χ1) is 15.1. The Morgan fingerprint density at radius 2 is 1.82 bits per heavy atom. The van der Waals surface area contributed by atoms with Crippen molar-refractivity contribution in [2.75, 3.05) is 24.4 Å². The van der Waals surface area contributed by atoms with Gasteiger partial charge in [0.1, 0.15) is 0 Å². The SMILES string of the molecule is CCCN1CC2CCc3cc(NS(=O)(=O)c4ccc(C(C)C(F)(F)F)cc4)ccc3C2C1.Cl. The van der Waals surface area contributed by atoms with E-state index in [4.69, 9.17) is 0 Å². The topological polar surface area (TPSA) is 49.4 Å². The number of likely N-dealkylation sites (tertiary alicyclic amines) is 1. The van der Waals surface area contributed by atoms with Gasteiger partial charge >= 0.3 is 6.18 Å². The molecule has 1 N–H and O–H groups in total. The van der Waals surface area contributed by atoms with Crippen LogP contribution < -0.4 is 4.72 Å². The number of halogens is 4. The van der Waals surface area contributed by atoms with Gasteiger partial charge in [0.25, 0.3) is 10.0 Å². The van der Waals surface area contributed by atoms with Crippen molar-refractivity contribution >= 4 is 28.1 Å². The molecule has 0 radical (unpaired) electrons. The highest BCUT2D eigenvalue weighted by Crippen LogP contribution is 2.42. The molecule has 0 aromatic heterocycles. The van der Waals surface area contributed by atoms with Crippen LogP contribution >= 0.6 is 12.4 Å². The summed E-state index contributed by atoms with van der Waals surface area (Å²) in [5, 5.41) is 0. The Hall–Kier alpha value is -1.77. The van der Waals surface area contributed by atoms with Gasteiger partial charge in [-0.25, -0.2) is 8.42 Å². The number of fused-ring (bicyclic) bond motifs is 3. The Morgan fingerprint density at radius 1 is 1.12 bits per heavy atom. The maximum absolute atomic E-state index is 12.9. The average Bonchev–Trinajstić information content (AvgIpc) is 3.15. The number of sulfonamides is 1. The lowest BCUT2D eigenvalue weighted by atomic mass is 9.77. The van der Waals surface area contributed by atoms with Crippen molar-refractivity contribution in [3.63, 3.8) is 0 Å². The quantitative estimate of drug-likeness (QED) is 0.531. The number of hydrogen-bond donors (Lipinski definition) is 1. The van der Waals surface area contributed by atoms with E-state index < -0.39 is 22.1 Å². The van der Waals surface area contributed by atoms with Gasteiger partial charge < -0.3 is 4.90 Å². The maximum Gasteiger partial charge on any atom is 0.395 e. The highest BCUT2D eigenvalue weighted by molar-refractivity contribution is 7.92. The highest BCUT2D eigenvalue weighted by Gasteiger charge is 2.38. The largest absolute Gasteiger partial charge is 0.395 e. The van der Waals surface area contributed by atoms with Crippen LogP contribution in [-0.2, 0) is 16.4 Å². The minimum atomic E-state index is -4.37. The number of nitrogens with zero attached hydrogens (tertiary/aromatic N) is 1. The number of benzene rings is 2. The monoisotopic (exact) mass is 502 g/mol. The van der Waals surface area contributed by atoms with E-state index in [9.17, 15) is 21.6 Å². The van der Waals surface area contributed by atoms with Crippen molar-refractivity contribution < 1.29 is 21.6 Å². The summed E-state index contributed by atoms with van der Waals surface area (Å²) in [5.74, 6) is -0.492. The van der Waals surface area contributed by atoms with Gasteiger partial charge in [0.05, 0.1) is 10.8 Å². The molecule has 2 aromatic carbocycles. The summed E-state index contributed by atoms with van der Waals surface area (Å²) in [6, 6.07) is 10.6. The number of nitrogens with one attached hydrogen (secondary N) is 1. The van der Waals surface area contributed by atoms with Crippen LogP contribution in [0.2, 0.25) is 0 Å². The van der Waals surface area contributed by atoms with Crippen LogP contribution in [0.1, 0.15) is 55.2 Å². The first kappa shape index (κ1) is 25.8. The molecule has 2 aromatic rings. The van der Waals surface area contributed by atoms with Gasteiger partial charge in [-0.3, -0.25) is 4.72 Å². The van der Waals surface area contributed by atoms with E-state index in [2.05, 4.69) is 16.5 Å². The van der Waals surface area contributed by atoms with Crippen molar-refractivity contribution in [3.05, 3.63) is 59.2 Å². The predicted molar refractivity (Wildman–Crippen MR) is 127 cm³/mol. The van der Waals surface area contributed by atoms with E-state index in [-0.39, 0.29) is 22.9 Å². The molecule has 1 saturated heterocycles. The van der Waals surface area contributed by atoms with E-state index in [0.29, 0.717) is 17.5 Å². The number of rotatable bonds is 6. The van der Waals surface area contributed by atoms with Crippen LogP contribution in [0.15, 0.2) is 47.4 Å². The summed E-state index contributed by atoms with van der Waals surface area (Å²) in [6.07, 6.45) is -1.19. The molecule has 1 aliphatic heterocycles. The Kier molecular flexibility index (Phi) is 7.71. The maximum atomic E-state index is 12.9. The van der Waals surface area contributed by atoms with Gasteiger partial charge in [-0.05, 0) is 79.6 Å². The molecule has 1 heterocycles. The van der Waals surface area contributed by atoms with Crippen LogP contribution in [-0.4, -0.2) is 39.1 Å². The van der Waals surface area contributed by atoms with Gasteiger partial charge in [-0.1, -0.05) is 25.1 Å². The normalized spacial score (nSPS) is 21.6. The minimum Gasteiger partial charge on any atom is -0.302 e. The van der Waals surface area contributed by atoms with Crippen molar-refractivity contribution in [1.29, 1.82) is 0 Å². The fourth-order valence-electron chi connectivity index (χ4n) is 5.03. The van der Waals surface area contributed by atoms with Gasteiger partial charge in [-0.15, -0.1) is 12.4 Å². The van der Waals surface area contributed by atoms with Crippen molar-refractivity contribution in [2.45, 2.75) is 56.0 Å². The van der Waals surface area contributed by atoms with Crippen molar-refractivity contribution in [2.24, 2.45) is 5.92 Å². The van der Waals surface area contributed by atoms with Crippen LogP contribution in [0.25, 0.3) is 0 Å². The smallest absolute Gasteiger partial charge is 0.302 e. The Morgan fingerprint density at radius 3 is 2.45 bits per heavy atom. The lowest BCUT2D eigenvalue weighted by Crippen LogP contribution is -2.21. The molecule has 4 nitrogen and oxygen atoms in total. The molecule has 0 bridgehead atoms. The van der Waals surface area contributed by atoms with E-state index in [1.54, 1.807) is 6.07 Å². The van der Waals surface area contributed by atoms with Crippen LogP contribution in [0, 0.1) is 5.92 Å². The predicted octanol–water partition coefficient (Wildman–Crippen LogP) is 5.95. The third-order valence-electron chi connectivity index (χ3n) is 6.82. The molecule has 0 amide bonds. The fraction of sp³-hybridized carbons (Fsp3) is 0.500. The second kappa shape index (κ2) is 9.84. The van der Waals surface area contributed by atoms with Crippen molar-refractivity contribution in [1.82, 2.24) is 4.90 Å². The second-order valence-corrected chi connectivity index (χ2v) is 10.7.